The Morgan fingerprint density at radius 2 is 2.20 bits per heavy atom. The third-order valence-electron chi connectivity index (χ3n) is 3.53. The number of nitrogens with two attached hydrogens (primary N) is 1. The zero-order valence-electron chi connectivity index (χ0n) is 10.7. The molecule has 0 saturated carbocycles. The number of amides is 1. The van der Waals surface area contributed by atoms with E-state index in [1.54, 1.807) is 4.90 Å². The van der Waals surface area contributed by atoms with Crippen LogP contribution >= 0.6 is 11.6 Å². The van der Waals surface area contributed by atoms with Crippen molar-refractivity contribution in [3.63, 3.8) is 0 Å². The molecule has 2 rings (SSSR count). The Kier molecular flexibility index (Phi) is 3.80. The summed E-state index contributed by atoms with van der Waals surface area (Å²) in [4.78, 5) is 23.3. The van der Waals surface area contributed by atoms with Gasteiger partial charge in [0.1, 0.15) is 11.5 Å². The molecule has 1 aromatic rings. The van der Waals surface area contributed by atoms with Crippen molar-refractivity contribution in [3.8, 4) is 0 Å². The lowest BCUT2D eigenvalue weighted by molar-refractivity contribution is -0.384. The van der Waals surface area contributed by atoms with Crippen molar-refractivity contribution in [3.05, 3.63) is 33.1 Å². The molecule has 0 radical (unpaired) electrons. The highest BCUT2D eigenvalue weighted by atomic mass is 35.5. The number of carbonyl (C=O) groups is 1. The third kappa shape index (κ3) is 2.53. The Morgan fingerprint density at radius 1 is 1.55 bits per heavy atom. The summed E-state index contributed by atoms with van der Waals surface area (Å²) in [6, 6.07) is 2.01. The molecule has 20 heavy (non-hydrogen) atoms. The fourth-order valence-electron chi connectivity index (χ4n) is 2.46. The van der Waals surface area contributed by atoms with Crippen molar-refractivity contribution in [2.75, 3.05) is 18.0 Å². The molecule has 0 unspecified atom stereocenters. The van der Waals surface area contributed by atoms with Gasteiger partial charge in [0.2, 0.25) is 5.91 Å². The number of carbonyl (C=O) groups excluding carboxylic acids is 1. The topological polar surface area (TPSA) is 89.5 Å². The summed E-state index contributed by atoms with van der Waals surface area (Å²) in [6.45, 7) is 2.53. The van der Waals surface area contributed by atoms with Gasteiger partial charge >= 0.3 is 0 Å². The first-order valence-electron chi connectivity index (χ1n) is 5.99. The maximum Gasteiger partial charge on any atom is 0.295 e. The van der Waals surface area contributed by atoms with Crippen LogP contribution in [0.1, 0.15) is 6.92 Å². The van der Waals surface area contributed by atoms with E-state index in [0.29, 0.717) is 6.54 Å². The van der Waals surface area contributed by atoms with Crippen LogP contribution in [0.4, 0.5) is 15.8 Å². The number of hydrogen-bond acceptors (Lipinski definition) is 4. The summed E-state index contributed by atoms with van der Waals surface area (Å²) < 4.78 is 13.4. The van der Waals surface area contributed by atoms with Gasteiger partial charge in [0.05, 0.1) is 21.9 Å². The molecule has 1 amide bonds. The predicted octanol–water partition coefficient (Wildman–Crippen LogP) is 1.94. The van der Waals surface area contributed by atoms with Crippen LogP contribution in [0.25, 0.3) is 0 Å². The quantitative estimate of drug-likeness (QED) is 0.682. The normalized spacial score (nSPS) is 22.1. The predicted molar refractivity (Wildman–Crippen MR) is 72.1 cm³/mol. The maximum atomic E-state index is 13.4. The molecular formula is C12H13ClFN3O3. The monoisotopic (exact) mass is 301 g/mol. The molecule has 0 aromatic heterocycles. The second-order valence-corrected chi connectivity index (χ2v) is 5.31. The van der Waals surface area contributed by atoms with Crippen molar-refractivity contribution < 1.29 is 14.1 Å². The molecule has 1 fully saturated rings. The highest BCUT2D eigenvalue weighted by Gasteiger charge is 2.36. The van der Waals surface area contributed by atoms with E-state index in [0.717, 1.165) is 6.07 Å². The molecule has 0 bridgehead atoms. The molecule has 0 spiro atoms. The summed E-state index contributed by atoms with van der Waals surface area (Å²) in [6.07, 6.45) is 0. The van der Waals surface area contributed by atoms with Crippen LogP contribution in [0.3, 0.4) is 0 Å². The number of nitro benzene ring substituents is 1. The molecule has 2 atom stereocenters. The minimum absolute atomic E-state index is 0.0315. The van der Waals surface area contributed by atoms with E-state index in [2.05, 4.69) is 0 Å². The lowest BCUT2D eigenvalue weighted by Crippen LogP contribution is -2.29. The van der Waals surface area contributed by atoms with Gasteiger partial charge in [-0.1, -0.05) is 18.5 Å². The van der Waals surface area contributed by atoms with Gasteiger partial charge in [-0.05, 0) is 12.0 Å². The highest BCUT2D eigenvalue weighted by Crippen LogP contribution is 2.37. The third-order valence-corrected chi connectivity index (χ3v) is 3.82. The van der Waals surface area contributed by atoms with E-state index >= 15 is 0 Å². The molecule has 2 N–H and O–H groups in total. The lowest BCUT2D eigenvalue weighted by Gasteiger charge is -2.18. The fourth-order valence-corrected chi connectivity index (χ4v) is 2.62. The first kappa shape index (κ1) is 14.5. The Bertz CT molecular complexity index is 581. The van der Waals surface area contributed by atoms with Crippen LogP contribution in [0.15, 0.2) is 12.1 Å². The van der Waals surface area contributed by atoms with Gasteiger partial charge in [-0.25, -0.2) is 4.39 Å². The summed E-state index contributed by atoms with van der Waals surface area (Å²) in [5.41, 5.74) is 5.13. The molecule has 1 aromatic carbocycles. The number of nitrogens with zero attached hydrogens (tertiary/aromatic N) is 2. The number of anilines is 1. The molecule has 8 heteroatoms. The SMILES string of the molecule is C[C@@H]1CN(c2cc(Cl)c(F)cc2[N+](=O)[O-])C[C@H]1C(N)=O. The largest absolute Gasteiger partial charge is 0.369 e. The van der Waals surface area contributed by atoms with Crippen LogP contribution in [0.2, 0.25) is 5.02 Å². The smallest absolute Gasteiger partial charge is 0.295 e. The van der Waals surface area contributed by atoms with Crippen molar-refractivity contribution >= 4 is 28.9 Å². The zero-order chi connectivity index (χ0) is 15.0. The molecule has 6 nitrogen and oxygen atoms in total. The molecule has 1 heterocycles. The highest BCUT2D eigenvalue weighted by molar-refractivity contribution is 6.31. The molecule has 1 saturated heterocycles. The van der Waals surface area contributed by atoms with E-state index in [9.17, 15) is 19.3 Å². The van der Waals surface area contributed by atoms with E-state index in [4.69, 9.17) is 17.3 Å². The van der Waals surface area contributed by atoms with E-state index in [1.165, 1.54) is 6.07 Å². The molecular weight excluding hydrogens is 289 g/mol. The van der Waals surface area contributed by atoms with Crippen LogP contribution in [-0.2, 0) is 4.79 Å². The molecule has 0 aliphatic carbocycles. The van der Waals surface area contributed by atoms with Gasteiger partial charge in [-0.2, -0.15) is 0 Å². The van der Waals surface area contributed by atoms with Crippen LogP contribution in [0, 0.1) is 27.8 Å². The van der Waals surface area contributed by atoms with Gasteiger partial charge in [0.15, 0.2) is 0 Å². The van der Waals surface area contributed by atoms with Crippen molar-refractivity contribution in [2.24, 2.45) is 17.6 Å². The van der Waals surface area contributed by atoms with E-state index in [1.807, 2.05) is 6.92 Å². The molecule has 108 valence electrons. The summed E-state index contributed by atoms with van der Waals surface area (Å²) in [5, 5.41) is 10.8. The lowest BCUT2D eigenvalue weighted by atomic mass is 9.98. The van der Waals surface area contributed by atoms with Crippen molar-refractivity contribution in [1.82, 2.24) is 0 Å². The second kappa shape index (κ2) is 5.24. The molecule has 1 aliphatic rings. The number of hydrogen-bond donors (Lipinski definition) is 1. The Hall–Kier alpha value is -1.89. The average Bonchev–Trinajstić information content (AvgIpc) is 2.74. The standard InChI is InChI=1S/C12H13ClFN3O3/c1-6-4-16(5-7(6)12(15)18)10-2-8(13)9(14)3-11(10)17(19)20/h2-3,6-7H,4-5H2,1H3,(H2,15,18)/t6-,7-/m1/s1. The van der Waals surface area contributed by atoms with Crippen LogP contribution in [0.5, 0.6) is 0 Å². The zero-order valence-corrected chi connectivity index (χ0v) is 11.4. The van der Waals surface area contributed by atoms with Crippen molar-refractivity contribution in [1.29, 1.82) is 0 Å². The van der Waals surface area contributed by atoms with E-state index in [-0.39, 0.29) is 28.9 Å². The second-order valence-electron chi connectivity index (χ2n) is 4.90. The summed E-state index contributed by atoms with van der Waals surface area (Å²) in [5.74, 6) is -1.72. The first-order valence-corrected chi connectivity index (χ1v) is 6.36. The number of nitro groups is 1. The number of rotatable bonds is 3. The summed E-state index contributed by atoms with van der Waals surface area (Å²) in [7, 11) is 0. The van der Waals surface area contributed by atoms with Gasteiger partial charge in [0, 0.05) is 13.1 Å². The number of halogens is 2. The fraction of sp³-hybridized carbons (Fsp3) is 0.417. The first-order chi connectivity index (χ1) is 9.31. The van der Waals surface area contributed by atoms with Crippen LogP contribution in [-0.4, -0.2) is 23.9 Å². The Labute approximate surface area is 119 Å². The minimum Gasteiger partial charge on any atom is -0.369 e. The Morgan fingerprint density at radius 3 is 2.70 bits per heavy atom. The Balaban J connectivity index is 2.41. The number of benzene rings is 1. The minimum atomic E-state index is -0.846. The average molecular weight is 302 g/mol. The van der Waals surface area contributed by atoms with Gasteiger partial charge in [-0.15, -0.1) is 0 Å². The summed E-state index contributed by atoms with van der Waals surface area (Å²) >= 11 is 5.69. The van der Waals surface area contributed by atoms with E-state index < -0.39 is 22.6 Å². The number of primary amides is 1. The van der Waals surface area contributed by atoms with Crippen LogP contribution < -0.4 is 10.6 Å². The van der Waals surface area contributed by atoms with Gasteiger partial charge < -0.3 is 10.6 Å². The maximum absolute atomic E-state index is 13.4. The van der Waals surface area contributed by atoms with Gasteiger partial charge in [-0.3, -0.25) is 14.9 Å². The van der Waals surface area contributed by atoms with Crippen molar-refractivity contribution in [2.45, 2.75) is 6.92 Å². The molecule has 1 aliphatic heterocycles. The van der Waals surface area contributed by atoms with Gasteiger partial charge in [0.25, 0.3) is 5.69 Å².